The molecule has 182 valence electrons. The molecule has 0 saturated carbocycles. The predicted molar refractivity (Wildman–Crippen MR) is 149 cm³/mol. The van der Waals surface area contributed by atoms with Gasteiger partial charge < -0.3 is 10.6 Å². The van der Waals surface area contributed by atoms with Crippen molar-refractivity contribution in [2.45, 2.75) is 47.7 Å². The van der Waals surface area contributed by atoms with E-state index in [9.17, 15) is 0 Å². The van der Waals surface area contributed by atoms with Crippen molar-refractivity contribution in [1.82, 2.24) is 19.6 Å². The highest BCUT2D eigenvalue weighted by molar-refractivity contribution is 7.80. The maximum Gasteiger partial charge on any atom is 0.175 e. The van der Waals surface area contributed by atoms with E-state index < -0.39 is 0 Å². The van der Waals surface area contributed by atoms with Crippen LogP contribution in [0.5, 0.6) is 0 Å². The maximum atomic E-state index is 6.18. The number of aryl methyl sites for hydroxylation is 3. The molecule has 0 spiro atoms. The van der Waals surface area contributed by atoms with Gasteiger partial charge in [-0.25, -0.2) is 0 Å². The van der Waals surface area contributed by atoms with Crippen molar-refractivity contribution in [2.24, 2.45) is 0 Å². The lowest BCUT2D eigenvalue weighted by atomic mass is 10.1. The predicted octanol–water partition coefficient (Wildman–Crippen LogP) is 6.83. The Morgan fingerprint density at radius 3 is 1.83 bits per heavy atom. The number of anilines is 2. The summed E-state index contributed by atoms with van der Waals surface area (Å²) < 4.78 is 3.93. The Morgan fingerprint density at radius 2 is 1.31 bits per heavy atom. The zero-order valence-corrected chi connectivity index (χ0v) is 22.7. The van der Waals surface area contributed by atoms with Crippen LogP contribution in [-0.2, 0) is 13.1 Å². The van der Waals surface area contributed by atoms with Crippen molar-refractivity contribution in [3.63, 3.8) is 0 Å². The second-order valence-electron chi connectivity index (χ2n) is 8.72. The number of benzene rings is 2. The van der Waals surface area contributed by atoms with Gasteiger partial charge in [-0.3, -0.25) is 9.36 Å². The summed E-state index contributed by atoms with van der Waals surface area (Å²) in [5.74, 6) is 0. The summed E-state index contributed by atoms with van der Waals surface area (Å²) >= 11 is 17.9. The molecule has 0 amide bonds. The molecule has 2 heterocycles. The van der Waals surface area contributed by atoms with Crippen LogP contribution in [-0.4, -0.2) is 24.7 Å². The Balaban J connectivity index is 1.48. The lowest BCUT2D eigenvalue weighted by Gasteiger charge is -2.12. The van der Waals surface area contributed by atoms with Crippen LogP contribution in [0.25, 0.3) is 0 Å². The quantitative estimate of drug-likeness (QED) is 0.269. The van der Waals surface area contributed by atoms with Crippen LogP contribution in [0, 0.1) is 34.6 Å². The molecule has 0 aliphatic carbocycles. The average Bonchev–Trinajstić information content (AvgIpc) is 3.20. The Kier molecular flexibility index (Phi) is 7.50. The third kappa shape index (κ3) is 5.69. The van der Waals surface area contributed by atoms with Crippen LogP contribution >= 0.6 is 35.4 Å². The van der Waals surface area contributed by atoms with Gasteiger partial charge >= 0.3 is 0 Å². The molecule has 0 saturated heterocycles. The smallest absolute Gasteiger partial charge is 0.175 e. The maximum absolute atomic E-state index is 6.18. The van der Waals surface area contributed by atoms with E-state index in [4.69, 9.17) is 40.5 Å². The number of hydrogen-bond acceptors (Lipinski definition) is 3. The molecule has 2 N–H and O–H groups in total. The van der Waals surface area contributed by atoms with Crippen molar-refractivity contribution in [3.05, 3.63) is 92.0 Å². The van der Waals surface area contributed by atoms with Crippen LogP contribution in [0.15, 0.2) is 42.5 Å². The van der Waals surface area contributed by atoms with Gasteiger partial charge in [-0.05, 0) is 70.1 Å². The molecule has 2 aromatic carbocycles. The molecule has 0 bridgehead atoms. The Hall–Kier alpha value is -2.87. The van der Waals surface area contributed by atoms with Crippen molar-refractivity contribution < 1.29 is 0 Å². The highest BCUT2D eigenvalue weighted by Gasteiger charge is 2.17. The fourth-order valence-corrected chi connectivity index (χ4v) is 4.64. The normalized spacial score (nSPS) is 11.1. The first kappa shape index (κ1) is 25.2. The van der Waals surface area contributed by atoms with Crippen LogP contribution in [0.2, 0.25) is 10.0 Å². The van der Waals surface area contributed by atoms with Gasteiger partial charge in [0.05, 0.1) is 57.3 Å². The number of hydrogen-bond donors (Lipinski definition) is 2. The average molecular weight is 528 g/mol. The van der Waals surface area contributed by atoms with Gasteiger partial charge in [-0.2, -0.15) is 10.2 Å². The molecule has 6 nitrogen and oxygen atoms in total. The summed E-state index contributed by atoms with van der Waals surface area (Å²) in [4.78, 5) is 0. The van der Waals surface area contributed by atoms with E-state index in [1.165, 1.54) is 11.1 Å². The fraction of sp³-hybridized carbons (Fsp3) is 0.269. The molecule has 0 aliphatic rings. The molecule has 0 unspecified atom stereocenters. The second-order valence-corrected chi connectivity index (χ2v) is 9.95. The number of thiocarbonyl (C=S) groups is 1. The van der Waals surface area contributed by atoms with Crippen LogP contribution in [0.4, 0.5) is 11.4 Å². The summed E-state index contributed by atoms with van der Waals surface area (Å²) in [6, 6.07) is 14.1. The van der Waals surface area contributed by atoms with Crippen molar-refractivity contribution in [3.8, 4) is 0 Å². The number of halogens is 2. The molecule has 9 heteroatoms. The van der Waals surface area contributed by atoms with Gasteiger partial charge in [-0.1, -0.05) is 59.1 Å². The van der Waals surface area contributed by atoms with Gasteiger partial charge in [0.1, 0.15) is 0 Å². The van der Waals surface area contributed by atoms with E-state index in [0.717, 1.165) is 39.7 Å². The zero-order valence-electron chi connectivity index (χ0n) is 20.4. The molecule has 0 atom stereocenters. The molecule has 0 radical (unpaired) electrons. The molecular formula is C26H28Cl2N6S. The summed E-state index contributed by atoms with van der Waals surface area (Å²) in [7, 11) is 0. The minimum Gasteiger partial charge on any atom is -0.329 e. The van der Waals surface area contributed by atoms with Crippen LogP contribution in [0.3, 0.4) is 0 Å². The molecule has 2 aromatic heterocycles. The molecular weight excluding hydrogens is 499 g/mol. The van der Waals surface area contributed by atoms with E-state index >= 15 is 0 Å². The van der Waals surface area contributed by atoms with Crippen LogP contribution in [0.1, 0.15) is 39.5 Å². The van der Waals surface area contributed by atoms with E-state index in [2.05, 4.69) is 46.9 Å². The standard InChI is InChI=1S/C26H28Cl2N6S/c1-15-7-6-8-20(11-15)13-33-18(4)24(16(2)31-33)29-26(35)30-25-17(3)32-34(19(25)5)14-21-9-10-22(27)23(28)12-21/h6-12H,13-14H2,1-5H3,(H2,29,30,35). The molecule has 0 aliphatic heterocycles. The fourth-order valence-electron chi connectivity index (χ4n) is 4.12. The lowest BCUT2D eigenvalue weighted by Crippen LogP contribution is -2.21. The topological polar surface area (TPSA) is 59.7 Å². The highest BCUT2D eigenvalue weighted by atomic mass is 35.5. The lowest BCUT2D eigenvalue weighted by molar-refractivity contribution is 0.659. The number of nitrogens with zero attached hydrogens (tertiary/aromatic N) is 4. The number of aromatic nitrogens is 4. The van der Waals surface area contributed by atoms with Crippen molar-refractivity contribution in [1.29, 1.82) is 0 Å². The Morgan fingerprint density at radius 1 is 0.771 bits per heavy atom. The highest BCUT2D eigenvalue weighted by Crippen LogP contribution is 2.26. The Bertz CT molecular complexity index is 1410. The zero-order chi connectivity index (χ0) is 25.3. The van der Waals surface area contributed by atoms with Gasteiger partial charge in [-0.15, -0.1) is 0 Å². The third-order valence-corrected chi connectivity index (χ3v) is 6.91. The third-order valence-electron chi connectivity index (χ3n) is 5.97. The SMILES string of the molecule is Cc1cccc(Cn2nc(C)c(NC(=S)Nc3c(C)nn(Cc4ccc(Cl)c(Cl)c4)c3C)c2C)c1. The van der Waals surface area contributed by atoms with Gasteiger partial charge in [0.2, 0.25) is 0 Å². The largest absolute Gasteiger partial charge is 0.329 e. The van der Waals surface area contributed by atoms with Crippen LogP contribution < -0.4 is 10.6 Å². The summed E-state index contributed by atoms with van der Waals surface area (Å²) in [5.41, 5.74) is 9.00. The Labute approximate surface area is 221 Å². The van der Waals surface area contributed by atoms with Crippen molar-refractivity contribution >= 4 is 51.9 Å². The van der Waals surface area contributed by atoms with Gasteiger partial charge in [0.25, 0.3) is 0 Å². The first-order chi connectivity index (χ1) is 16.6. The molecule has 35 heavy (non-hydrogen) atoms. The first-order valence-electron chi connectivity index (χ1n) is 11.3. The summed E-state index contributed by atoms with van der Waals surface area (Å²) in [6.45, 7) is 11.4. The number of rotatable bonds is 6. The van der Waals surface area contributed by atoms with E-state index in [1.807, 2.05) is 49.2 Å². The monoisotopic (exact) mass is 526 g/mol. The van der Waals surface area contributed by atoms with E-state index in [0.29, 0.717) is 28.2 Å². The van der Waals surface area contributed by atoms with Crippen molar-refractivity contribution in [2.75, 3.05) is 10.6 Å². The minimum absolute atomic E-state index is 0.492. The van der Waals surface area contributed by atoms with E-state index in [-0.39, 0.29) is 0 Å². The summed E-state index contributed by atoms with van der Waals surface area (Å²) in [6.07, 6.45) is 0. The van der Waals surface area contributed by atoms with E-state index in [1.54, 1.807) is 6.07 Å². The first-order valence-corrected chi connectivity index (χ1v) is 12.4. The van der Waals surface area contributed by atoms with Gasteiger partial charge in [0.15, 0.2) is 5.11 Å². The molecule has 4 rings (SSSR count). The number of nitrogens with one attached hydrogen (secondary N) is 2. The molecule has 0 fully saturated rings. The summed E-state index contributed by atoms with van der Waals surface area (Å²) in [5, 5.41) is 17.6. The second kappa shape index (κ2) is 10.4. The van der Waals surface area contributed by atoms with Gasteiger partial charge in [0, 0.05) is 0 Å². The minimum atomic E-state index is 0.492. The molecule has 4 aromatic rings.